The summed E-state index contributed by atoms with van der Waals surface area (Å²) < 4.78 is 18.0. The molecule has 5 heteroatoms. The Morgan fingerprint density at radius 2 is 2.18 bits per heavy atom. The summed E-state index contributed by atoms with van der Waals surface area (Å²) in [6.45, 7) is 4.31. The molecule has 0 spiro atoms. The second-order valence-electron chi connectivity index (χ2n) is 3.79. The van der Waals surface area contributed by atoms with E-state index >= 15 is 0 Å². The number of aromatic nitrogens is 1. The summed E-state index contributed by atoms with van der Waals surface area (Å²) in [4.78, 5) is 0. The molecule has 1 N–H and O–H groups in total. The smallest absolute Gasteiger partial charge is 0.141 e. The Bertz CT molecular complexity index is 520. The first kappa shape index (κ1) is 11.9. The highest BCUT2D eigenvalue weighted by Gasteiger charge is 2.08. The first-order valence-electron chi connectivity index (χ1n) is 5.18. The van der Waals surface area contributed by atoms with Crippen LogP contribution in [-0.2, 0) is 6.54 Å². The molecule has 17 heavy (non-hydrogen) atoms. The van der Waals surface area contributed by atoms with Crippen LogP contribution in [0, 0.1) is 19.7 Å². The van der Waals surface area contributed by atoms with Gasteiger partial charge in [0.2, 0.25) is 0 Å². The van der Waals surface area contributed by atoms with Crippen molar-refractivity contribution in [2.45, 2.75) is 20.4 Å². The van der Waals surface area contributed by atoms with E-state index < -0.39 is 5.82 Å². The van der Waals surface area contributed by atoms with E-state index in [0.29, 0.717) is 6.54 Å². The van der Waals surface area contributed by atoms with Crippen molar-refractivity contribution in [3.05, 3.63) is 46.1 Å². The van der Waals surface area contributed by atoms with Gasteiger partial charge in [-0.1, -0.05) is 16.8 Å². The minimum absolute atomic E-state index is 0.105. The van der Waals surface area contributed by atoms with Gasteiger partial charge in [-0.15, -0.1) is 0 Å². The summed E-state index contributed by atoms with van der Waals surface area (Å²) in [5.41, 5.74) is 2.62. The third-order valence-corrected chi connectivity index (χ3v) is 2.86. The summed E-state index contributed by atoms with van der Waals surface area (Å²) in [6.07, 6.45) is 0. The molecule has 0 unspecified atom stereocenters. The predicted octanol–water partition coefficient (Wildman–Crippen LogP) is 3.70. The molecule has 1 heterocycles. The fourth-order valence-corrected chi connectivity index (χ4v) is 1.73. The zero-order valence-electron chi connectivity index (χ0n) is 9.55. The Labute approximate surface area is 104 Å². The van der Waals surface area contributed by atoms with Crippen LogP contribution in [0.1, 0.15) is 17.0 Å². The van der Waals surface area contributed by atoms with Crippen molar-refractivity contribution in [3.8, 4) is 0 Å². The van der Waals surface area contributed by atoms with Crippen LogP contribution in [0.4, 0.5) is 10.1 Å². The molecule has 0 aliphatic rings. The number of nitrogens with zero attached hydrogens (tertiary/aromatic N) is 1. The maximum atomic E-state index is 13.0. The van der Waals surface area contributed by atoms with Crippen LogP contribution >= 0.6 is 11.6 Å². The molecule has 0 amide bonds. The average Bonchev–Trinajstić information content (AvgIpc) is 2.61. The first-order valence-corrected chi connectivity index (χ1v) is 5.56. The third-order valence-electron chi connectivity index (χ3n) is 2.57. The lowest BCUT2D eigenvalue weighted by Crippen LogP contribution is -2.01. The lowest BCUT2D eigenvalue weighted by atomic mass is 10.2. The summed E-state index contributed by atoms with van der Waals surface area (Å²) >= 11 is 5.69. The van der Waals surface area contributed by atoms with E-state index in [4.69, 9.17) is 16.1 Å². The molecule has 1 aromatic heterocycles. The SMILES string of the molecule is Cc1noc(C)c1CNc1ccc(F)c(Cl)c1. The second kappa shape index (κ2) is 4.75. The maximum absolute atomic E-state index is 13.0. The van der Waals surface area contributed by atoms with Crippen LogP contribution in [0.25, 0.3) is 0 Å². The standard InChI is InChI=1S/C12H12ClFN2O/c1-7-10(8(2)17-16-7)6-15-9-3-4-12(14)11(13)5-9/h3-5,15H,6H2,1-2H3. The van der Waals surface area contributed by atoms with Crippen molar-refractivity contribution in [1.82, 2.24) is 5.16 Å². The van der Waals surface area contributed by atoms with Crippen molar-refractivity contribution < 1.29 is 8.91 Å². The van der Waals surface area contributed by atoms with Crippen molar-refractivity contribution in [2.75, 3.05) is 5.32 Å². The molecule has 1 aromatic carbocycles. The van der Waals surface area contributed by atoms with Crippen LogP contribution in [-0.4, -0.2) is 5.16 Å². The van der Waals surface area contributed by atoms with Crippen LogP contribution in [0.2, 0.25) is 5.02 Å². The van der Waals surface area contributed by atoms with Crippen LogP contribution in [0.15, 0.2) is 22.7 Å². The number of benzene rings is 1. The van der Waals surface area contributed by atoms with Crippen molar-refractivity contribution in [2.24, 2.45) is 0 Å². The molecule has 0 saturated heterocycles. The Kier molecular flexibility index (Phi) is 3.33. The molecular weight excluding hydrogens is 243 g/mol. The summed E-state index contributed by atoms with van der Waals surface area (Å²) in [6, 6.07) is 4.52. The number of aryl methyl sites for hydroxylation is 2. The summed E-state index contributed by atoms with van der Waals surface area (Å²) in [5, 5.41) is 7.11. The summed E-state index contributed by atoms with van der Waals surface area (Å²) in [7, 11) is 0. The number of hydrogen-bond donors (Lipinski definition) is 1. The van der Waals surface area contributed by atoms with Gasteiger partial charge in [-0.05, 0) is 32.0 Å². The highest BCUT2D eigenvalue weighted by atomic mass is 35.5. The van der Waals surface area contributed by atoms with E-state index in [9.17, 15) is 4.39 Å². The quantitative estimate of drug-likeness (QED) is 0.908. The van der Waals surface area contributed by atoms with E-state index in [0.717, 1.165) is 22.7 Å². The maximum Gasteiger partial charge on any atom is 0.141 e. The fraction of sp³-hybridized carbons (Fsp3) is 0.250. The van der Waals surface area contributed by atoms with Crippen LogP contribution in [0.5, 0.6) is 0 Å². The topological polar surface area (TPSA) is 38.1 Å². The molecule has 0 atom stereocenters. The van der Waals surface area contributed by atoms with Gasteiger partial charge in [0, 0.05) is 17.8 Å². The van der Waals surface area contributed by atoms with Crippen molar-refractivity contribution >= 4 is 17.3 Å². The molecule has 2 aromatic rings. The van der Waals surface area contributed by atoms with E-state index in [2.05, 4.69) is 10.5 Å². The lowest BCUT2D eigenvalue weighted by molar-refractivity contribution is 0.392. The fourth-order valence-electron chi connectivity index (χ4n) is 1.55. The van der Waals surface area contributed by atoms with E-state index in [-0.39, 0.29) is 5.02 Å². The highest BCUT2D eigenvalue weighted by molar-refractivity contribution is 6.31. The molecule has 0 radical (unpaired) electrons. The number of rotatable bonds is 3. The largest absolute Gasteiger partial charge is 0.381 e. The van der Waals surface area contributed by atoms with Crippen molar-refractivity contribution in [3.63, 3.8) is 0 Å². The molecule has 0 fully saturated rings. The summed E-state index contributed by atoms with van der Waals surface area (Å²) in [5.74, 6) is 0.359. The predicted molar refractivity (Wildman–Crippen MR) is 64.7 cm³/mol. The third kappa shape index (κ3) is 2.58. The molecule has 2 rings (SSSR count). The van der Waals surface area contributed by atoms with E-state index in [1.807, 2.05) is 13.8 Å². The zero-order chi connectivity index (χ0) is 12.4. The molecule has 90 valence electrons. The monoisotopic (exact) mass is 254 g/mol. The first-order chi connectivity index (χ1) is 8.08. The van der Waals surface area contributed by atoms with Gasteiger partial charge in [0.1, 0.15) is 11.6 Å². The van der Waals surface area contributed by atoms with Gasteiger partial charge in [0.05, 0.1) is 10.7 Å². The minimum Gasteiger partial charge on any atom is -0.381 e. The van der Waals surface area contributed by atoms with Gasteiger partial charge in [0.15, 0.2) is 0 Å². The molecule has 0 saturated carbocycles. The van der Waals surface area contributed by atoms with E-state index in [1.54, 1.807) is 12.1 Å². The van der Waals surface area contributed by atoms with Gasteiger partial charge in [-0.2, -0.15) is 0 Å². The molecule has 0 aliphatic heterocycles. The number of anilines is 1. The average molecular weight is 255 g/mol. The molecule has 0 bridgehead atoms. The minimum atomic E-state index is -0.422. The van der Waals surface area contributed by atoms with Crippen molar-refractivity contribution in [1.29, 1.82) is 0 Å². The second-order valence-corrected chi connectivity index (χ2v) is 4.19. The van der Waals surface area contributed by atoms with Gasteiger partial charge in [0.25, 0.3) is 0 Å². The highest BCUT2D eigenvalue weighted by Crippen LogP contribution is 2.21. The van der Waals surface area contributed by atoms with Gasteiger partial charge < -0.3 is 9.84 Å². The van der Waals surface area contributed by atoms with E-state index in [1.165, 1.54) is 6.07 Å². The number of nitrogens with one attached hydrogen (secondary N) is 1. The van der Waals surface area contributed by atoms with Gasteiger partial charge in [-0.3, -0.25) is 0 Å². The molecule has 0 aliphatic carbocycles. The van der Waals surface area contributed by atoms with Crippen LogP contribution < -0.4 is 5.32 Å². The Morgan fingerprint density at radius 1 is 1.41 bits per heavy atom. The lowest BCUT2D eigenvalue weighted by Gasteiger charge is -2.06. The normalized spacial score (nSPS) is 10.6. The van der Waals surface area contributed by atoms with Gasteiger partial charge >= 0.3 is 0 Å². The Balaban J connectivity index is 2.10. The Morgan fingerprint density at radius 3 is 2.76 bits per heavy atom. The number of hydrogen-bond acceptors (Lipinski definition) is 3. The Hall–Kier alpha value is -1.55. The zero-order valence-corrected chi connectivity index (χ0v) is 10.3. The molecular formula is C12H12ClFN2O. The number of halogens is 2. The molecule has 3 nitrogen and oxygen atoms in total. The van der Waals surface area contributed by atoms with Gasteiger partial charge in [-0.25, -0.2) is 4.39 Å². The van der Waals surface area contributed by atoms with Crippen LogP contribution in [0.3, 0.4) is 0 Å².